The summed E-state index contributed by atoms with van der Waals surface area (Å²) in [6.45, 7) is 3.17. The third kappa shape index (κ3) is 4.13. The summed E-state index contributed by atoms with van der Waals surface area (Å²) in [5.41, 5.74) is 0.733. The van der Waals surface area contributed by atoms with Gasteiger partial charge >= 0.3 is 12.4 Å². The van der Waals surface area contributed by atoms with Crippen LogP contribution in [0.5, 0.6) is 0 Å². The Morgan fingerprint density at radius 3 is 1.75 bits per heavy atom. The standard InChI is InChI=1S/C13H15F6N/c1-3-20-10(9-6-4-8(2)5-7-9)11(12(14,15)16)13(17,18)19/h4-7,10-11,20H,3H2,1-2H3. The molecule has 0 aliphatic heterocycles. The highest BCUT2D eigenvalue weighted by molar-refractivity contribution is 5.25. The highest BCUT2D eigenvalue weighted by Gasteiger charge is 2.60. The minimum atomic E-state index is -5.37. The SMILES string of the molecule is CCNC(c1ccc(C)cc1)C(C(F)(F)F)C(F)(F)F. The van der Waals surface area contributed by atoms with Gasteiger partial charge in [0, 0.05) is 0 Å². The van der Waals surface area contributed by atoms with Crippen LogP contribution in [0.2, 0.25) is 0 Å². The molecule has 1 rings (SSSR count). The predicted octanol–water partition coefficient (Wildman–Crippen LogP) is 4.39. The third-order valence-electron chi connectivity index (χ3n) is 2.90. The van der Waals surface area contributed by atoms with Gasteiger partial charge in [-0.2, -0.15) is 26.3 Å². The quantitative estimate of drug-likeness (QED) is 0.813. The van der Waals surface area contributed by atoms with E-state index in [-0.39, 0.29) is 12.1 Å². The van der Waals surface area contributed by atoms with Gasteiger partial charge in [-0.15, -0.1) is 0 Å². The fraction of sp³-hybridized carbons (Fsp3) is 0.538. The highest BCUT2D eigenvalue weighted by atomic mass is 19.4. The molecule has 0 saturated heterocycles. The molecule has 0 aromatic heterocycles. The van der Waals surface area contributed by atoms with Crippen LogP contribution in [0.15, 0.2) is 24.3 Å². The number of aryl methyl sites for hydroxylation is 1. The van der Waals surface area contributed by atoms with Gasteiger partial charge in [0.05, 0.1) is 6.04 Å². The summed E-state index contributed by atoms with van der Waals surface area (Å²) in [6.07, 6.45) is -10.7. The third-order valence-corrected chi connectivity index (χ3v) is 2.90. The van der Waals surface area contributed by atoms with E-state index in [9.17, 15) is 26.3 Å². The van der Waals surface area contributed by atoms with Crippen molar-refractivity contribution in [1.82, 2.24) is 5.32 Å². The molecular formula is C13H15F6N. The Labute approximate surface area is 113 Å². The van der Waals surface area contributed by atoms with Gasteiger partial charge in [-0.25, -0.2) is 0 Å². The zero-order chi connectivity index (χ0) is 15.6. The predicted molar refractivity (Wildman–Crippen MR) is 63.2 cm³/mol. The van der Waals surface area contributed by atoms with Gasteiger partial charge in [0.25, 0.3) is 0 Å². The molecular weight excluding hydrogens is 284 g/mol. The monoisotopic (exact) mass is 299 g/mol. The second-order valence-electron chi connectivity index (χ2n) is 4.51. The van der Waals surface area contributed by atoms with Gasteiger partial charge in [-0.3, -0.25) is 0 Å². The molecule has 7 heteroatoms. The summed E-state index contributed by atoms with van der Waals surface area (Å²) < 4.78 is 76.8. The van der Waals surface area contributed by atoms with Gasteiger partial charge < -0.3 is 5.32 Å². The smallest absolute Gasteiger partial charge is 0.309 e. The van der Waals surface area contributed by atoms with Crippen LogP contribution < -0.4 is 5.32 Å². The van der Waals surface area contributed by atoms with Gasteiger partial charge in [0.15, 0.2) is 5.92 Å². The molecule has 0 aliphatic rings. The van der Waals surface area contributed by atoms with Crippen LogP contribution in [0.3, 0.4) is 0 Å². The van der Waals surface area contributed by atoms with Gasteiger partial charge in [-0.05, 0) is 19.0 Å². The molecule has 0 aliphatic carbocycles. The summed E-state index contributed by atoms with van der Waals surface area (Å²) in [5, 5.41) is 2.29. The molecule has 1 nitrogen and oxygen atoms in total. The maximum atomic E-state index is 12.8. The molecule has 1 atom stereocenters. The Morgan fingerprint density at radius 1 is 0.950 bits per heavy atom. The van der Waals surface area contributed by atoms with Crippen molar-refractivity contribution in [3.05, 3.63) is 35.4 Å². The maximum Gasteiger partial charge on any atom is 0.402 e. The molecule has 0 fully saturated rings. The van der Waals surface area contributed by atoms with Crippen molar-refractivity contribution >= 4 is 0 Å². The topological polar surface area (TPSA) is 12.0 Å². The lowest BCUT2D eigenvalue weighted by Crippen LogP contribution is -2.45. The number of halogens is 6. The molecule has 0 bridgehead atoms. The zero-order valence-electron chi connectivity index (χ0n) is 10.9. The Bertz CT molecular complexity index is 406. The fourth-order valence-corrected chi connectivity index (χ4v) is 1.99. The molecule has 0 saturated carbocycles. The van der Waals surface area contributed by atoms with E-state index >= 15 is 0 Å². The molecule has 0 amide bonds. The van der Waals surface area contributed by atoms with Crippen molar-refractivity contribution in [2.24, 2.45) is 5.92 Å². The summed E-state index contributed by atoms with van der Waals surface area (Å²) in [5.74, 6) is -3.43. The summed E-state index contributed by atoms with van der Waals surface area (Å²) in [6, 6.07) is 3.70. The number of benzene rings is 1. The summed E-state index contributed by atoms with van der Waals surface area (Å²) in [4.78, 5) is 0. The second kappa shape index (κ2) is 6.03. The second-order valence-corrected chi connectivity index (χ2v) is 4.51. The minimum absolute atomic E-state index is 0.00119. The van der Waals surface area contributed by atoms with Crippen molar-refractivity contribution < 1.29 is 26.3 Å². The van der Waals surface area contributed by atoms with Crippen LogP contribution in [-0.4, -0.2) is 18.9 Å². The van der Waals surface area contributed by atoms with Crippen molar-refractivity contribution in [3.63, 3.8) is 0 Å². The van der Waals surface area contributed by atoms with E-state index in [0.29, 0.717) is 0 Å². The Hall–Kier alpha value is -1.24. The van der Waals surface area contributed by atoms with E-state index in [1.54, 1.807) is 6.92 Å². The maximum absolute atomic E-state index is 12.8. The fourth-order valence-electron chi connectivity index (χ4n) is 1.99. The molecule has 20 heavy (non-hydrogen) atoms. The van der Waals surface area contributed by atoms with E-state index in [2.05, 4.69) is 5.32 Å². The van der Waals surface area contributed by atoms with Gasteiger partial charge in [0.2, 0.25) is 0 Å². The summed E-state index contributed by atoms with van der Waals surface area (Å²) in [7, 11) is 0. The van der Waals surface area contributed by atoms with Crippen LogP contribution in [0.4, 0.5) is 26.3 Å². The van der Waals surface area contributed by atoms with Crippen molar-refractivity contribution in [2.45, 2.75) is 32.2 Å². The van der Waals surface area contributed by atoms with E-state index in [4.69, 9.17) is 0 Å². The molecule has 114 valence electrons. The van der Waals surface area contributed by atoms with Crippen molar-refractivity contribution in [2.75, 3.05) is 6.54 Å². The normalized spacial score (nSPS) is 14.7. The molecule has 0 spiro atoms. The number of hydrogen-bond acceptors (Lipinski definition) is 1. The Morgan fingerprint density at radius 2 is 1.40 bits per heavy atom. The molecule has 1 aromatic carbocycles. The molecule has 1 N–H and O–H groups in total. The first-order chi connectivity index (χ1) is 9.07. The first-order valence-electron chi connectivity index (χ1n) is 6.00. The largest absolute Gasteiger partial charge is 0.402 e. The van der Waals surface area contributed by atoms with Crippen LogP contribution in [0.25, 0.3) is 0 Å². The Balaban J connectivity index is 3.24. The lowest BCUT2D eigenvalue weighted by Gasteiger charge is -2.31. The van der Waals surface area contributed by atoms with E-state index in [1.807, 2.05) is 0 Å². The van der Waals surface area contributed by atoms with Crippen LogP contribution in [0.1, 0.15) is 24.1 Å². The number of rotatable bonds is 4. The highest BCUT2D eigenvalue weighted by Crippen LogP contribution is 2.46. The van der Waals surface area contributed by atoms with Gasteiger partial charge in [-0.1, -0.05) is 36.8 Å². The van der Waals surface area contributed by atoms with Crippen LogP contribution in [-0.2, 0) is 0 Å². The number of hydrogen-bond donors (Lipinski definition) is 1. The first-order valence-corrected chi connectivity index (χ1v) is 6.00. The minimum Gasteiger partial charge on any atom is -0.309 e. The van der Waals surface area contributed by atoms with E-state index in [1.165, 1.54) is 31.2 Å². The first kappa shape index (κ1) is 16.8. The van der Waals surface area contributed by atoms with Crippen molar-refractivity contribution in [1.29, 1.82) is 0 Å². The summed E-state index contributed by atoms with van der Waals surface area (Å²) >= 11 is 0. The Kier molecular flexibility index (Phi) is 5.07. The van der Waals surface area contributed by atoms with Crippen LogP contribution in [0, 0.1) is 12.8 Å². The average molecular weight is 299 g/mol. The average Bonchev–Trinajstić information content (AvgIpc) is 2.25. The molecule has 1 aromatic rings. The molecule has 1 unspecified atom stereocenters. The zero-order valence-corrected chi connectivity index (χ0v) is 10.9. The number of nitrogens with one attached hydrogen (secondary N) is 1. The van der Waals surface area contributed by atoms with Crippen LogP contribution >= 0.6 is 0 Å². The van der Waals surface area contributed by atoms with E-state index in [0.717, 1.165) is 5.56 Å². The molecule has 0 heterocycles. The number of alkyl halides is 6. The van der Waals surface area contributed by atoms with Gasteiger partial charge in [0.1, 0.15) is 0 Å². The lowest BCUT2D eigenvalue weighted by atomic mass is 9.91. The lowest BCUT2D eigenvalue weighted by molar-refractivity contribution is -0.292. The van der Waals surface area contributed by atoms with E-state index < -0.39 is 24.3 Å². The molecule has 0 radical (unpaired) electrons. The van der Waals surface area contributed by atoms with Crippen molar-refractivity contribution in [3.8, 4) is 0 Å².